The molecule has 18 heavy (non-hydrogen) atoms. The zero-order valence-electron chi connectivity index (χ0n) is 9.39. The Morgan fingerprint density at radius 3 is 2.61 bits per heavy atom. The monoisotopic (exact) mass is 269 g/mol. The summed E-state index contributed by atoms with van der Waals surface area (Å²) < 4.78 is 0. The Morgan fingerprint density at radius 2 is 2.06 bits per heavy atom. The van der Waals surface area contributed by atoms with E-state index in [1.54, 1.807) is 0 Å². The number of aromatic hydroxyl groups is 1. The number of aliphatic carboxylic acids is 1. The average molecular weight is 270 g/mol. The third-order valence-corrected chi connectivity index (χ3v) is 3.08. The Bertz CT molecular complexity index is 499. The Morgan fingerprint density at radius 1 is 1.39 bits per heavy atom. The first-order chi connectivity index (χ1) is 8.49. The maximum Gasteiger partial charge on any atom is 0.326 e. The molecule has 0 saturated heterocycles. The minimum Gasteiger partial charge on any atom is -0.507 e. The number of nitrogens with one attached hydrogen (secondary N) is 1. The van der Waals surface area contributed by atoms with Crippen molar-refractivity contribution in [2.75, 3.05) is 0 Å². The van der Waals surface area contributed by atoms with E-state index in [0.29, 0.717) is 5.02 Å². The molecule has 1 aliphatic rings. The van der Waals surface area contributed by atoms with Gasteiger partial charge in [-0.25, -0.2) is 4.79 Å². The molecule has 0 aromatic heterocycles. The second-order valence-corrected chi connectivity index (χ2v) is 4.72. The first kappa shape index (κ1) is 12.7. The van der Waals surface area contributed by atoms with Crippen molar-refractivity contribution in [3.8, 4) is 5.75 Å². The van der Waals surface area contributed by atoms with Gasteiger partial charge in [0.05, 0.1) is 5.56 Å². The summed E-state index contributed by atoms with van der Waals surface area (Å²) in [5, 5.41) is 21.3. The van der Waals surface area contributed by atoms with Crippen molar-refractivity contribution in [1.82, 2.24) is 5.32 Å². The highest BCUT2D eigenvalue weighted by molar-refractivity contribution is 6.31. The largest absolute Gasteiger partial charge is 0.507 e. The van der Waals surface area contributed by atoms with Crippen LogP contribution >= 0.6 is 11.6 Å². The lowest BCUT2D eigenvalue weighted by atomic mass is 10.1. The van der Waals surface area contributed by atoms with E-state index in [9.17, 15) is 14.7 Å². The van der Waals surface area contributed by atoms with Crippen LogP contribution in [0.2, 0.25) is 5.02 Å². The van der Waals surface area contributed by atoms with Gasteiger partial charge in [0.25, 0.3) is 5.91 Å². The molecule has 0 spiro atoms. The van der Waals surface area contributed by atoms with Gasteiger partial charge in [0.15, 0.2) is 0 Å². The predicted octanol–water partition coefficient (Wildman–Crippen LogP) is 1.64. The fourth-order valence-electron chi connectivity index (χ4n) is 1.72. The van der Waals surface area contributed by atoms with Crippen LogP contribution < -0.4 is 5.32 Å². The maximum absolute atomic E-state index is 11.9. The number of rotatable bonds is 4. The quantitative estimate of drug-likeness (QED) is 0.775. The van der Waals surface area contributed by atoms with E-state index < -0.39 is 17.9 Å². The van der Waals surface area contributed by atoms with Crippen LogP contribution in [0.4, 0.5) is 0 Å². The summed E-state index contributed by atoms with van der Waals surface area (Å²) in [6.07, 6.45) is 1.58. The number of carboxylic acids is 1. The smallest absolute Gasteiger partial charge is 0.326 e. The molecule has 1 unspecified atom stereocenters. The van der Waals surface area contributed by atoms with Gasteiger partial charge in [0, 0.05) is 5.02 Å². The van der Waals surface area contributed by atoms with Gasteiger partial charge in [0.2, 0.25) is 0 Å². The molecule has 3 N–H and O–H groups in total. The number of halogens is 1. The van der Waals surface area contributed by atoms with Crippen molar-refractivity contribution in [1.29, 1.82) is 0 Å². The van der Waals surface area contributed by atoms with Gasteiger partial charge in [0.1, 0.15) is 11.8 Å². The Kier molecular flexibility index (Phi) is 3.43. The van der Waals surface area contributed by atoms with Crippen LogP contribution in [0, 0.1) is 5.92 Å². The highest BCUT2D eigenvalue weighted by Gasteiger charge is 2.37. The third kappa shape index (κ3) is 2.73. The molecular formula is C12H12ClNO4. The molecule has 1 aromatic rings. The molecular weight excluding hydrogens is 258 g/mol. The van der Waals surface area contributed by atoms with E-state index in [-0.39, 0.29) is 17.2 Å². The van der Waals surface area contributed by atoms with E-state index in [4.69, 9.17) is 16.7 Å². The summed E-state index contributed by atoms with van der Waals surface area (Å²) in [7, 11) is 0. The molecule has 0 heterocycles. The molecule has 5 nitrogen and oxygen atoms in total. The van der Waals surface area contributed by atoms with Crippen molar-refractivity contribution in [2.24, 2.45) is 5.92 Å². The van der Waals surface area contributed by atoms with Gasteiger partial charge >= 0.3 is 5.97 Å². The summed E-state index contributed by atoms with van der Waals surface area (Å²) in [5.41, 5.74) is -0.0191. The summed E-state index contributed by atoms with van der Waals surface area (Å²) in [6, 6.07) is 3.14. The van der Waals surface area contributed by atoms with E-state index in [2.05, 4.69) is 5.32 Å². The zero-order chi connectivity index (χ0) is 13.3. The molecule has 96 valence electrons. The lowest BCUT2D eigenvalue weighted by molar-refractivity contribution is -0.139. The van der Waals surface area contributed by atoms with Crippen LogP contribution in [-0.2, 0) is 4.79 Å². The average Bonchev–Trinajstić information content (AvgIpc) is 3.12. The van der Waals surface area contributed by atoms with Crippen molar-refractivity contribution in [3.63, 3.8) is 0 Å². The number of carboxylic acid groups (broad SMARTS) is 1. The first-order valence-electron chi connectivity index (χ1n) is 5.51. The van der Waals surface area contributed by atoms with Crippen LogP contribution in [0.3, 0.4) is 0 Å². The van der Waals surface area contributed by atoms with E-state index in [0.717, 1.165) is 12.8 Å². The number of phenolic OH excluding ortho intramolecular Hbond substituents is 1. The van der Waals surface area contributed by atoms with Crippen molar-refractivity contribution in [3.05, 3.63) is 28.8 Å². The van der Waals surface area contributed by atoms with Crippen LogP contribution in [0.1, 0.15) is 23.2 Å². The van der Waals surface area contributed by atoms with E-state index in [1.165, 1.54) is 18.2 Å². The maximum atomic E-state index is 11.9. The molecule has 6 heteroatoms. The van der Waals surface area contributed by atoms with Crippen LogP contribution in [0.25, 0.3) is 0 Å². The topological polar surface area (TPSA) is 86.6 Å². The molecule has 1 aromatic carbocycles. The summed E-state index contributed by atoms with van der Waals surface area (Å²) in [6.45, 7) is 0. The van der Waals surface area contributed by atoms with Crippen LogP contribution in [0.5, 0.6) is 5.75 Å². The summed E-state index contributed by atoms with van der Waals surface area (Å²) in [4.78, 5) is 22.9. The number of carbonyl (C=O) groups excluding carboxylic acids is 1. The van der Waals surface area contributed by atoms with Crippen molar-refractivity contribution in [2.45, 2.75) is 18.9 Å². The molecule has 0 aliphatic heterocycles. The Labute approximate surface area is 108 Å². The van der Waals surface area contributed by atoms with Gasteiger partial charge in [-0.3, -0.25) is 4.79 Å². The molecule has 1 amide bonds. The lowest BCUT2D eigenvalue weighted by Crippen LogP contribution is -2.42. The minimum atomic E-state index is -1.06. The standard InChI is InChI=1S/C12H12ClNO4/c13-7-3-4-9(15)8(5-7)11(16)14-10(12(17)18)6-1-2-6/h3-6,10,15H,1-2H2,(H,14,16)(H,17,18). The van der Waals surface area contributed by atoms with Gasteiger partial charge < -0.3 is 15.5 Å². The highest BCUT2D eigenvalue weighted by Crippen LogP contribution is 2.33. The SMILES string of the molecule is O=C(NC(C(=O)O)C1CC1)c1cc(Cl)ccc1O. The summed E-state index contributed by atoms with van der Waals surface area (Å²) >= 11 is 5.73. The number of hydrogen-bond acceptors (Lipinski definition) is 3. The second kappa shape index (κ2) is 4.86. The normalized spacial score (nSPS) is 16.1. The summed E-state index contributed by atoms with van der Waals surface area (Å²) in [5.74, 6) is -1.94. The van der Waals surface area contributed by atoms with Crippen LogP contribution in [0.15, 0.2) is 18.2 Å². The van der Waals surface area contributed by atoms with Crippen molar-refractivity contribution >= 4 is 23.5 Å². The predicted molar refractivity (Wildman–Crippen MR) is 64.7 cm³/mol. The zero-order valence-corrected chi connectivity index (χ0v) is 10.1. The molecule has 1 atom stereocenters. The highest BCUT2D eigenvalue weighted by atomic mass is 35.5. The molecule has 0 bridgehead atoms. The first-order valence-corrected chi connectivity index (χ1v) is 5.89. The number of amides is 1. The Hall–Kier alpha value is -1.75. The molecule has 2 rings (SSSR count). The van der Waals surface area contributed by atoms with E-state index >= 15 is 0 Å². The van der Waals surface area contributed by atoms with Crippen molar-refractivity contribution < 1.29 is 19.8 Å². The number of carbonyl (C=O) groups is 2. The minimum absolute atomic E-state index is 0.0191. The second-order valence-electron chi connectivity index (χ2n) is 4.29. The van der Waals surface area contributed by atoms with Gasteiger partial charge in [-0.2, -0.15) is 0 Å². The van der Waals surface area contributed by atoms with Gasteiger partial charge in [-0.05, 0) is 37.0 Å². The molecule has 0 radical (unpaired) electrons. The molecule has 1 saturated carbocycles. The molecule has 1 aliphatic carbocycles. The van der Waals surface area contributed by atoms with E-state index in [1.807, 2.05) is 0 Å². The fourth-order valence-corrected chi connectivity index (χ4v) is 1.89. The lowest BCUT2D eigenvalue weighted by Gasteiger charge is -2.14. The fraction of sp³-hybridized carbons (Fsp3) is 0.333. The number of benzene rings is 1. The van der Waals surface area contributed by atoms with Crippen LogP contribution in [-0.4, -0.2) is 28.1 Å². The van der Waals surface area contributed by atoms with Gasteiger partial charge in [-0.15, -0.1) is 0 Å². The van der Waals surface area contributed by atoms with Gasteiger partial charge in [-0.1, -0.05) is 11.6 Å². The molecule has 1 fully saturated rings. The number of phenols is 1. The Balaban J connectivity index is 2.15. The number of hydrogen-bond donors (Lipinski definition) is 3. The third-order valence-electron chi connectivity index (χ3n) is 2.85.